The maximum Gasteiger partial charge on any atom is 0.221 e. The first-order valence-corrected chi connectivity index (χ1v) is 7.97. The van der Waals surface area contributed by atoms with E-state index in [0.29, 0.717) is 0 Å². The standard InChI is InChI=1S/C16H29N3O/c1-4-6-7-8-9-10-12-20-16-14(11-5-2)15(17-3)18-13-19-16/h13H,4-12H2,1-3H3,(H,17,18,19). The molecule has 0 spiro atoms. The normalized spacial score (nSPS) is 10.6. The van der Waals surface area contributed by atoms with Crippen molar-refractivity contribution in [3.8, 4) is 5.88 Å². The minimum Gasteiger partial charge on any atom is -0.477 e. The van der Waals surface area contributed by atoms with Crippen molar-refractivity contribution in [1.29, 1.82) is 0 Å². The highest BCUT2D eigenvalue weighted by atomic mass is 16.5. The zero-order valence-electron chi connectivity index (χ0n) is 13.2. The van der Waals surface area contributed by atoms with Crippen LogP contribution in [-0.4, -0.2) is 23.6 Å². The fourth-order valence-electron chi connectivity index (χ4n) is 2.26. The predicted molar refractivity (Wildman–Crippen MR) is 84.4 cm³/mol. The summed E-state index contributed by atoms with van der Waals surface area (Å²) in [5, 5.41) is 3.11. The van der Waals surface area contributed by atoms with Crippen LogP contribution in [0.5, 0.6) is 5.88 Å². The molecule has 0 unspecified atom stereocenters. The zero-order chi connectivity index (χ0) is 14.6. The highest BCUT2D eigenvalue weighted by Crippen LogP contribution is 2.23. The number of aromatic nitrogens is 2. The van der Waals surface area contributed by atoms with Gasteiger partial charge in [0.2, 0.25) is 5.88 Å². The summed E-state index contributed by atoms with van der Waals surface area (Å²) in [6.45, 7) is 5.15. The Morgan fingerprint density at radius 2 is 1.75 bits per heavy atom. The second-order valence-corrected chi connectivity index (χ2v) is 5.12. The van der Waals surface area contributed by atoms with Crippen molar-refractivity contribution in [2.24, 2.45) is 0 Å². The van der Waals surface area contributed by atoms with Crippen LogP contribution in [0.3, 0.4) is 0 Å². The highest BCUT2D eigenvalue weighted by Gasteiger charge is 2.10. The summed E-state index contributed by atoms with van der Waals surface area (Å²) in [6.07, 6.45) is 11.2. The van der Waals surface area contributed by atoms with E-state index < -0.39 is 0 Å². The molecule has 0 aliphatic heterocycles. The van der Waals surface area contributed by atoms with E-state index in [4.69, 9.17) is 4.74 Å². The molecule has 0 atom stereocenters. The molecule has 0 amide bonds. The van der Waals surface area contributed by atoms with Crippen LogP contribution in [0.1, 0.15) is 64.4 Å². The van der Waals surface area contributed by atoms with Gasteiger partial charge in [-0.25, -0.2) is 9.97 Å². The maximum atomic E-state index is 5.85. The average Bonchev–Trinajstić information content (AvgIpc) is 2.48. The van der Waals surface area contributed by atoms with E-state index in [1.165, 1.54) is 32.1 Å². The van der Waals surface area contributed by atoms with Gasteiger partial charge in [0.25, 0.3) is 0 Å². The zero-order valence-corrected chi connectivity index (χ0v) is 13.2. The van der Waals surface area contributed by atoms with Crippen LogP contribution in [-0.2, 0) is 6.42 Å². The van der Waals surface area contributed by atoms with Gasteiger partial charge >= 0.3 is 0 Å². The molecule has 0 saturated heterocycles. The molecule has 1 aromatic heterocycles. The van der Waals surface area contributed by atoms with E-state index in [0.717, 1.165) is 43.1 Å². The SMILES string of the molecule is CCCCCCCCOc1ncnc(NC)c1CCC. The molecule has 114 valence electrons. The quantitative estimate of drug-likeness (QED) is 0.616. The van der Waals surface area contributed by atoms with Gasteiger partial charge in [-0.15, -0.1) is 0 Å². The molecular weight excluding hydrogens is 250 g/mol. The van der Waals surface area contributed by atoms with E-state index in [1.54, 1.807) is 6.33 Å². The van der Waals surface area contributed by atoms with Crippen molar-refractivity contribution < 1.29 is 4.74 Å². The third-order valence-electron chi connectivity index (χ3n) is 3.38. The second kappa shape index (κ2) is 10.5. The van der Waals surface area contributed by atoms with Gasteiger partial charge in [-0.1, -0.05) is 52.4 Å². The van der Waals surface area contributed by atoms with Crippen molar-refractivity contribution in [1.82, 2.24) is 9.97 Å². The molecule has 1 N–H and O–H groups in total. The number of nitrogens with one attached hydrogen (secondary N) is 1. The summed E-state index contributed by atoms with van der Waals surface area (Å²) in [5.74, 6) is 1.64. The third-order valence-corrected chi connectivity index (χ3v) is 3.38. The first-order valence-electron chi connectivity index (χ1n) is 7.97. The highest BCUT2D eigenvalue weighted by molar-refractivity contribution is 5.48. The lowest BCUT2D eigenvalue weighted by atomic mass is 10.1. The molecule has 4 heteroatoms. The van der Waals surface area contributed by atoms with Crippen LogP contribution in [0.4, 0.5) is 5.82 Å². The largest absolute Gasteiger partial charge is 0.477 e. The van der Waals surface area contributed by atoms with Crippen molar-refractivity contribution >= 4 is 5.82 Å². The Hall–Kier alpha value is -1.32. The molecule has 1 heterocycles. The smallest absolute Gasteiger partial charge is 0.221 e. The van der Waals surface area contributed by atoms with Gasteiger partial charge in [-0.2, -0.15) is 0 Å². The van der Waals surface area contributed by atoms with Crippen molar-refractivity contribution in [3.63, 3.8) is 0 Å². The second-order valence-electron chi connectivity index (χ2n) is 5.12. The Bertz CT molecular complexity index is 369. The lowest BCUT2D eigenvalue weighted by Gasteiger charge is -2.12. The number of nitrogens with zero attached hydrogens (tertiary/aromatic N) is 2. The molecule has 20 heavy (non-hydrogen) atoms. The molecule has 0 aromatic carbocycles. The van der Waals surface area contributed by atoms with Crippen molar-refractivity contribution in [2.75, 3.05) is 19.0 Å². The van der Waals surface area contributed by atoms with Crippen molar-refractivity contribution in [2.45, 2.75) is 65.2 Å². The first-order chi connectivity index (χ1) is 9.83. The van der Waals surface area contributed by atoms with Crippen LogP contribution in [0.2, 0.25) is 0 Å². The molecule has 0 aliphatic carbocycles. The maximum absolute atomic E-state index is 5.85. The predicted octanol–water partition coefficient (Wildman–Crippen LogP) is 4.21. The summed E-state index contributed by atoms with van der Waals surface area (Å²) < 4.78 is 5.85. The molecule has 0 saturated carbocycles. The monoisotopic (exact) mass is 279 g/mol. The fourth-order valence-corrected chi connectivity index (χ4v) is 2.26. The number of anilines is 1. The number of rotatable bonds is 11. The van der Waals surface area contributed by atoms with Crippen LogP contribution in [0.15, 0.2) is 6.33 Å². The number of unbranched alkanes of at least 4 members (excludes halogenated alkanes) is 5. The summed E-state index contributed by atoms with van der Waals surface area (Å²) in [6, 6.07) is 0. The number of hydrogen-bond acceptors (Lipinski definition) is 4. The fraction of sp³-hybridized carbons (Fsp3) is 0.750. The molecule has 4 nitrogen and oxygen atoms in total. The number of ether oxygens (including phenoxy) is 1. The molecule has 0 aliphatic rings. The van der Waals surface area contributed by atoms with Crippen LogP contribution in [0.25, 0.3) is 0 Å². The lowest BCUT2D eigenvalue weighted by molar-refractivity contribution is 0.289. The number of hydrogen-bond donors (Lipinski definition) is 1. The molecule has 1 aromatic rings. The molecular formula is C16H29N3O. The third kappa shape index (κ3) is 5.76. The lowest BCUT2D eigenvalue weighted by Crippen LogP contribution is -2.06. The van der Waals surface area contributed by atoms with Gasteiger partial charge in [-0.05, 0) is 12.8 Å². The topological polar surface area (TPSA) is 47.0 Å². The Labute approximate surface area is 123 Å². The van der Waals surface area contributed by atoms with Crippen LogP contribution >= 0.6 is 0 Å². The molecule has 0 bridgehead atoms. The molecule has 0 radical (unpaired) electrons. The van der Waals surface area contributed by atoms with Gasteiger partial charge < -0.3 is 10.1 Å². The van der Waals surface area contributed by atoms with Gasteiger partial charge in [-0.3, -0.25) is 0 Å². The van der Waals surface area contributed by atoms with E-state index in [9.17, 15) is 0 Å². The minimum absolute atomic E-state index is 0.750. The van der Waals surface area contributed by atoms with Crippen LogP contribution in [0, 0.1) is 0 Å². The van der Waals surface area contributed by atoms with E-state index in [-0.39, 0.29) is 0 Å². The summed E-state index contributed by atoms with van der Waals surface area (Å²) >= 11 is 0. The Kier molecular flexibility index (Phi) is 8.76. The Morgan fingerprint density at radius 1 is 1.00 bits per heavy atom. The van der Waals surface area contributed by atoms with Gasteiger partial charge in [0.05, 0.1) is 12.2 Å². The van der Waals surface area contributed by atoms with Crippen molar-refractivity contribution in [3.05, 3.63) is 11.9 Å². The summed E-state index contributed by atoms with van der Waals surface area (Å²) in [5.41, 5.74) is 1.10. The summed E-state index contributed by atoms with van der Waals surface area (Å²) in [7, 11) is 1.89. The molecule has 1 rings (SSSR count). The van der Waals surface area contributed by atoms with E-state index in [2.05, 4.69) is 29.1 Å². The van der Waals surface area contributed by atoms with Gasteiger partial charge in [0.15, 0.2) is 0 Å². The van der Waals surface area contributed by atoms with Crippen LogP contribution < -0.4 is 10.1 Å². The van der Waals surface area contributed by atoms with Gasteiger partial charge in [0, 0.05) is 7.05 Å². The first kappa shape index (κ1) is 16.7. The molecule has 0 fully saturated rings. The average molecular weight is 279 g/mol. The van der Waals surface area contributed by atoms with E-state index >= 15 is 0 Å². The van der Waals surface area contributed by atoms with E-state index in [1.807, 2.05) is 7.05 Å². The Morgan fingerprint density at radius 3 is 2.45 bits per heavy atom. The summed E-state index contributed by atoms with van der Waals surface area (Å²) in [4.78, 5) is 8.53. The minimum atomic E-state index is 0.750. The Balaban J connectivity index is 2.39. The van der Waals surface area contributed by atoms with Gasteiger partial charge in [0.1, 0.15) is 12.1 Å².